The quantitative estimate of drug-likeness (QED) is 0.444. The molecule has 0 unspecified atom stereocenters. The summed E-state index contributed by atoms with van der Waals surface area (Å²) in [6, 6.07) is 9.90. The Bertz CT molecular complexity index is 888. The van der Waals surface area contributed by atoms with Crippen LogP contribution in [0, 0.1) is 24.7 Å². The predicted molar refractivity (Wildman–Crippen MR) is 113 cm³/mol. The van der Waals surface area contributed by atoms with Gasteiger partial charge in [0.05, 0.1) is 14.2 Å². The van der Waals surface area contributed by atoms with E-state index < -0.39 is 0 Å². The molecule has 0 aliphatic carbocycles. The van der Waals surface area contributed by atoms with Gasteiger partial charge in [-0.3, -0.25) is 0 Å². The summed E-state index contributed by atoms with van der Waals surface area (Å²) >= 11 is 1.55. The van der Waals surface area contributed by atoms with Gasteiger partial charge in [0.2, 0.25) is 0 Å². The number of hydrogen-bond acceptors (Lipinski definition) is 5. The minimum absolute atomic E-state index is 0.0712. The normalized spacial score (nSPS) is 13.5. The van der Waals surface area contributed by atoms with Gasteiger partial charge >= 0.3 is 141 Å². The number of carbonyl (C=O) groups excluding carboxylic acids is 1. The molecule has 1 aliphatic heterocycles. The van der Waals surface area contributed by atoms with Crippen LogP contribution in [-0.4, -0.2) is 51.8 Å². The molecule has 1 N–H and O–H groups in total. The standard InChI is InChI=1S/C23H29AtN2O4/c1-28-20-7-6-18(24)14-19(20)23(27)25-9-4-5-10-26-11-8-16-12-21(29-2)22(30-3)13-17(16)15-26/h6-7,12-14H,4-5,8-11,15H2,1-3H3,(H,25,27)/i24+1. The Balaban J connectivity index is 1.45. The number of nitrogens with zero attached hydrogens (tertiary/aromatic N) is 1. The number of fused-ring (bicyclic) bond motifs is 1. The molecule has 0 aromatic heterocycles. The SMILES string of the molecule is COc1cc2c(cc1OC)CN(CCCCNC(=O)c1cc([211At])ccc1OC)CC2. The van der Waals surface area contributed by atoms with E-state index in [0.29, 0.717) is 17.9 Å². The van der Waals surface area contributed by atoms with Gasteiger partial charge in [-0.15, -0.1) is 0 Å². The van der Waals surface area contributed by atoms with E-state index in [1.54, 1.807) is 46.0 Å². The second kappa shape index (κ2) is 11.0. The van der Waals surface area contributed by atoms with Crippen LogP contribution < -0.4 is 22.8 Å². The topological polar surface area (TPSA) is 60.0 Å². The van der Waals surface area contributed by atoms with Gasteiger partial charge in [0.15, 0.2) is 11.5 Å². The molecular weight excluding hydrogens is 579 g/mol. The molecule has 0 saturated heterocycles. The fourth-order valence-corrected chi connectivity index (χ4v) is 4.42. The van der Waals surface area contributed by atoms with Crippen LogP contribution in [0.25, 0.3) is 0 Å². The van der Waals surface area contributed by atoms with Crippen LogP contribution in [0.1, 0.15) is 34.3 Å². The molecule has 0 atom stereocenters. The maximum absolute atomic E-state index is 12.5. The Hall–Kier alpha value is -1.85. The third-order valence-electron chi connectivity index (χ3n) is 5.39. The van der Waals surface area contributed by atoms with E-state index in [-0.39, 0.29) is 5.91 Å². The first-order chi connectivity index (χ1) is 14.5. The second-order valence-corrected chi connectivity index (χ2v) is 9.01. The number of ether oxygens (including phenoxy) is 3. The molecule has 30 heavy (non-hydrogen) atoms. The number of methoxy groups -OCH3 is 3. The first-order valence-corrected chi connectivity index (χ1v) is 11.6. The molecule has 162 valence electrons. The molecule has 0 fully saturated rings. The van der Waals surface area contributed by atoms with Crippen LogP contribution in [0.2, 0.25) is 0 Å². The number of amides is 1. The van der Waals surface area contributed by atoms with Gasteiger partial charge in [0, 0.05) is 0 Å². The number of benzene rings is 2. The fourth-order valence-electron chi connectivity index (χ4n) is 3.75. The Morgan fingerprint density at radius 2 is 1.70 bits per heavy atom. The third kappa shape index (κ3) is 5.64. The van der Waals surface area contributed by atoms with Crippen molar-refractivity contribution in [1.29, 1.82) is 0 Å². The Kier molecular flexibility index (Phi) is 8.35. The van der Waals surface area contributed by atoms with Crippen molar-refractivity contribution in [3.63, 3.8) is 0 Å². The molecule has 2 aromatic carbocycles. The van der Waals surface area contributed by atoms with E-state index in [0.717, 1.165) is 53.7 Å². The summed E-state index contributed by atoms with van der Waals surface area (Å²) in [5.41, 5.74) is 3.25. The van der Waals surface area contributed by atoms with E-state index in [9.17, 15) is 4.79 Å². The van der Waals surface area contributed by atoms with Crippen LogP contribution in [0.15, 0.2) is 30.3 Å². The third-order valence-corrected chi connectivity index (χ3v) is 6.30. The second-order valence-electron chi connectivity index (χ2n) is 7.31. The van der Waals surface area contributed by atoms with E-state index in [1.807, 2.05) is 18.2 Å². The molecular formula is C23H29AtN2O4. The van der Waals surface area contributed by atoms with Gasteiger partial charge in [-0.05, 0) is 17.7 Å². The molecule has 6 nitrogen and oxygen atoms in total. The number of hydrogen-bond donors (Lipinski definition) is 1. The Morgan fingerprint density at radius 3 is 2.40 bits per heavy atom. The number of nitrogens with one attached hydrogen (secondary N) is 1. The number of rotatable bonds is 9. The monoisotopic (exact) mass is 608 g/mol. The van der Waals surface area contributed by atoms with Gasteiger partial charge < -0.3 is 9.47 Å². The van der Waals surface area contributed by atoms with E-state index in [4.69, 9.17) is 14.2 Å². The molecule has 1 aliphatic rings. The molecule has 7 heteroatoms. The average Bonchev–Trinajstić information content (AvgIpc) is 2.77. The summed E-state index contributed by atoms with van der Waals surface area (Å²) in [6.07, 6.45) is 3.00. The first-order valence-electron chi connectivity index (χ1n) is 10.1. The van der Waals surface area contributed by atoms with Gasteiger partial charge in [0.25, 0.3) is 0 Å². The number of carbonyl (C=O) groups is 1. The zero-order valence-corrected chi connectivity index (χ0v) is 20.7. The summed E-state index contributed by atoms with van der Waals surface area (Å²) < 4.78 is 17.3. The summed E-state index contributed by atoms with van der Waals surface area (Å²) in [4.78, 5) is 14.9. The van der Waals surface area contributed by atoms with Crippen molar-refractivity contribution in [1.82, 2.24) is 10.2 Å². The van der Waals surface area contributed by atoms with Crippen LogP contribution in [0.5, 0.6) is 17.2 Å². The van der Waals surface area contributed by atoms with Crippen LogP contribution in [-0.2, 0) is 13.0 Å². The summed E-state index contributed by atoms with van der Waals surface area (Å²) in [6.45, 7) is 3.64. The summed E-state index contributed by atoms with van der Waals surface area (Å²) in [7, 11) is 4.94. The molecule has 3 rings (SSSR count). The van der Waals surface area contributed by atoms with Crippen LogP contribution in [0.3, 0.4) is 0 Å². The predicted octanol–water partition coefficient (Wildman–Crippen LogP) is 2.46. The molecule has 0 bridgehead atoms. The van der Waals surface area contributed by atoms with Gasteiger partial charge in [-0.25, -0.2) is 0 Å². The Morgan fingerprint density at radius 1 is 1.00 bits per heavy atom. The molecule has 2 aromatic rings. The van der Waals surface area contributed by atoms with Crippen LogP contribution >= 0.6 is 0 Å². The van der Waals surface area contributed by atoms with Crippen molar-refractivity contribution >= 4 is 9.18 Å². The van der Waals surface area contributed by atoms with Gasteiger partial charge in [-0.1, -0.05) is 0 Å². The van der Waals surface area contributed by atoms with Crippen molar-refractivity contribution in [2.24, 2.45) is 0 Å². The summed E-state index contributed by atoms with van der Waals surface area (Å²) in [5.74, 6) is 2.13. The molecule has 1 heterocycles. The zero-order chi connectivity index (χ0) is 21.5. The van der Waals surface area contributed by atoms with E-state index >= 15 is 0 Å². The van der Waals surface area contributed by atoms with Crippen molar-refractivity contribution < 1.29 is 43.7 Å². The average molecular weight is 608 g/mol. The van der Waals surface area contributed by atoms with Gasteiger partial charge in [-0.2, -0.15) is 0 Å². The number of unbranched alkanes of at least 4 members (excludes halogenated alkanes) is 1. The summed E-state index contributed by atoms with van der Waals surface area (Å²) in [5, 5.41) is 3.02. The molecule has 1 amide bonds. The van der Waals surface area contributed by atoms with Gasteiger partial charge in [0.1, 0.15) is 0 Å². The van der Waals surface area contributed by atoms with E-state index in [2.05, 4.69) is 22.3 Å². The molecule has 0 radical (unpaired) electrons. The van der Waals surface area contributed by atoms with Crippen molar-refractivity contribution in [3.05, 3.63) is 47.0 Å². The fraction of sp³-hybridized carbons (Fsp3) is 0.435. The molecule has 0 spiro atoms. The zero-order valence-electron chi connectivity index (χ0n) is 17.8. The Labute approximate surface area is 193 Å². The first kappa shape index (κ1) is 22.8. The maximum atomic E-state index is 12.5. The van der Waals surface area contributed by atoms with Crippen molar-refractivity contribution in [3.8, 4) is 17.2 Å². The van der Waals surface area contributed by atoms with Crippen molar-refractivity contribution in [2.45, 2.75) is 25.8 Å². The van der Waals surface area contributed by atoms with Crippen molar-refractivity contribution in [2.75, 3.05) is 41.0 Å². The van der Waals surface area contributed by atoms with Crippen LogP contribution in [0.4, 0.5) is 0 Å². The molecule has 0 saturated carbocycles. The van der Waals surface area contributed by atoms with E-state index in [1.165, 1.54) is 11.1 Å². The minimum atomic E-state index is -0.0712.